The van der Waals surface area contributed by atoms with Crippen molar-refractivity contribution in [3.8, 4) is 0 Å². The lowest BCUT2D eigenvalue weighted by molar-refractivity contribution is 0.307. The molecule has 0 aromatic rings. The quantitative estimate of drug-likeness (QED) is 0.385. The lowest BCUT2D eigenvalue weighted by atomic mass is 10.4. The molecule has 0 rings (SSSR count). The van der Waals surface area contributed by atoms with Gasteiger partial charge in [0.2, 0.25) is 0 Å². The molecule has 0 aliphatic rings. The molecule has 36 valence electrons. The largest absolute Gasteiger partial charge is 0.395 e. The normalized spacial score (nSPS) is 13.7. The molecule has 0 aromatic heterocycles. The molecule has 0 amide bonds. The van der Waals surface area contributed by atoms with Crippen LogP contribution >= 0.6 is 12.6 Å². The Morgan fingerprint density at radius 1 is 2.00 bits per heavy atom. The highest BCUT2D eigenvalue weighted by atomic mass is 32.1. The van der Waals surface area contributed by atoms with Crippen LogP contribution in [0.3, 0.4) is 0 Å². The molecule has 1 unspecified atom stereocenters. The number of hydrogen-bond acceptors (Lipinski definition) is 2. The second kappa shape index (κ2) is 3.25. The molecule has 0 fully saturated rings. The summed E-state index contributed by atoms with van der Waals surface area (Å²) in [4.78, 5) is 0. The van der Waals surface area contributed by atoms with Gasteiger partial charge in [-0.3, -0.25) is 0 Å². The lowest BCUT2D eigenvalue weighted by Crippen LogP contribution is -1.97. The Balaban J connectivity index is 2.96. The average Bonchev–Trinajstić information content (AvgIpc) is 1.65. The molecule has 0 heterocycles. The molecule has 0 aliphatic heterocycles. The number of hydrogen-bond donors (Lipinski definition) is 2. The van der Waals surface area contributed by atoms with E-state index >= 15 is 0 Å². The van der Waals surface area contributed by atoms with Crippen LogP contribution in [-0.2, 0) is 0 Å². The predicted molar refractivity (Wildman–Crippen MR) is 30.1 cm³/mol. The minimum Gasteiger partial charge on any atom is -0.395 e. The van der Waals surface area contributed by atoms with Crippen LogP contribution in [-0.4, -0.2) is 17.0 Å². The molecule has 0 aliphatic carbocycles. The monoisotopic (exact) mass is 104 g/mol. The fraction of sp³-hybridized carbons (Fsp3) is 0.500. The fourth-order valence-electron chi connectivity index (χ4n) is 0.0745. The smallest absolute Gasteiger partial charge is 0.0582 e. The van der Waals surface area contributed by atoms with Gasteiger partial charge in [-0.1, -0.05) is 6.08 Å². The van der Waals surface area contributed by atoms with E-state index in [0.29, 0.717) is 0 Å². The zero-order valence-electron chi connectivity index (χ0n) is 3.46. The summed E-state index contributed by atoms with van der Waals surface area (Å²) in [6.07, 6.45) is 1.59. The molecule has 0 aromatic carbocycles. The topological polar surface area (TPSA) is 20.2 Å². The van der Waals surface area contributed by atoms with Gasteiger partial charge in [0.1, 0.15) is 0 Å². The van der Waals surface area contributed by atoms with Gasteiger partial charge in [-0.2, -0.15) is 12.6 Å². The fourth-order valence-corrected chi connectivity index (χ4v) is 0.0745. The summed E-state index contributed by atoms with van der Waals surface area (Å²) in [7, 11) is 0. The minimum atomic E-state index is -0.0509. The third kappa shape index (κ3) is 2.30. The van der Waals surface area contributed by atoms with Crippen LogP contribution < -0.4 is 0 Å². The van der Waals surface area contributed by atoms with Crippen molar-refractivity contribution in [2.75, 3.05) is 6.61 Å². The maximum Gasteiger partial charge on any atom is 0.0582 e. The second-order valence-electron chi connectivity index (χ2n) is 0.986. The van der Waals surface area contributed by atoms with Gasteiger partial charge in [-0.15, -0.1) is 6.58 Å². The van der Waals surface area contributed by atoms with Crippen molar-refractivity contribution in [3.63, 3.8) is 0 Å². The summed E-state index contributed by atoms with van der Waals surface area (Å²) < 4.78 is 0. The molecule has 1 nitrogen and oxygen atoms in total. The Labute approximate surface area is 43.1 Å². The minimum absolute atomic E-state index is 0.0509. The van der Waals surface area contributed by atoms with Crippen LogP contribution in [0.4, 0.5) is 0 Å². The summed E-state index contributed by atoms with van der Waals surface area (Å²) in [6, 6.07) is 0. The first-order valence-electron chi connectivity index (χ1n) is 1.72. The highest BCUT2D eigenvalue weighted by molar-refractivity contribution is 7.81. The van der Waals surface area contributed by atoms with Gasteiger partial charge in [-0.25, -0.2) is 0 Å². The Morgan fingerprint density at radius 3 is 2.50 bits per heavy atom. The summed E-state index contributed by atoms with van der Waals surface area (Å²) in [5.41, 5.74) is 0. The third-order valence-electron chi connectivity index (χ3n) is 0.459. The van der Waals surface area contributed by atoms with Gasteiger partial charge in [-0.05, 0) is 0 Å². The first kappa shape index (κ1) is 6.05. The van der Waals surface area contributed by atoms with Crippen molar-refractivity contribution in [1.29, 1.82) is 0 Å². The number of aliphatic hydroxyl groups excluding tert-OH is 1. The van der Waals surface area contributed by atoms with E-state index in [-0.39, 0.29) is 11.9 Å². The second-order valence-corrected chi connectivity index (χ2v) is 1.65. The Morgan fingerprint density at radius 2 is 2.50 bits per heavy atom. The number of rotatable bonds is 2. The Hall–Kier alpha value is 0.0500. The molecule has 2 heteroatoms. The maximum atomic E-state index is 8.19. The zero-order chi connectivity index (χ0) is 4.99. The van der Waals surface area contributed by atoms with Gasteiger partial charge in [0.25, 0.3) is 0 Å². The molecule has 0 radical (unpaired) electrons. The van der Waals surface area contributed by atoms with Crippen LogP contribution in [0.2, 0.25) is 0 Å². The van der Waals surface area contributed by atoms with Crippen molar-refractivity contribution in [1.82, 2.24) is 0 Å². The zero-order valence-corrected chi connectivity index (χ0v) is 4.36. The maximum absolute atomic E-state index is 8.19. The highest BCUT2D eigenvalue weighted by Crippen LogP contribution is 1.90. The van der Waals surface area contributed by atoms with Crippen LogP contribution in [0.1, 0.15) is 0 Å². The molecule has 0 spiro atoms. The predicted octanol–water partition coefficient (Wildman–Crippen LogP) is 0.463. The summed E-state index contributed by atoms with van der Waals surface area (Å²) in [5.74, 6) is 0. The van der Waals surface area contributed by atoms with E-state index in [2.05, 4.69) is 19.2 Å². The average molecular weight is 104 g/mol. The summed E-state index contributed by atoms with van der Waals surface area (Å²) >= 11 is 3.86. The van der Waals surface area contributed by atoms with Gasteiger partial charge in [0, 0.05) is 5.25 Å². The van der Waals surface area contributed by atoms with Crippen molar-refractivity contribution >= 4 is 12.6 Å². The molecule has 0 saturated heterocycles. The summed E-state index contributed by atoms with van der Waals surface area (Å²) in [5, 5.41) is 8.14. The van der Waals surface area contributed by atoms with E-state index in [9.17, 15) is 0 Å². The van der Waals surface area contributed by atoms with E-state index in [1.54, 1.807) is 6.08 Å². The highest BCUT2D eigenvalue weighted by Gasteiger charge is 1.86. The van der Waals surface area contributed by atoms with Crippen LogP contribution in [0.5, 0.6) is 0 Å². The van der Waals surface area contributed by atoms with Crippen LogP contribution in [0, 0.1) is 0 Å². The molecule has 0 saturated carbocycles. The van der Waals surface area contributed by atoms with E-state index < -0.39 is 0 Å². The van der Waals surface area contributed by atoms with E-state index in [1.165, 1.54) is 0 Å². The first-order valence-corrected chi connectivity index (χ1v) is 2.24. The van der Waals surface area contributed by atoms with Crippen LogP contribution in [0.15, 0.2) is 12.7 Å². The molecule has 1 N–H and O–H groups in total. The van der Waals surface area contributed by atoms with E-state index in [4.69, 9.17) is 5.11 Å². The molecule has 6 heavy (non-hydrogen) atoms. The molecular weight excluding hydrogens is 96.1 g/mol. The lowest BCUT2D eigenvalue weighted by Gasteiger charge is -1.92. The van der Waals surface area contributed by atoms with Gasteiger partial charge in [0.05, 0.1) is 6.61 Å². The van der Waals surface area contributed by atoms with Crippen molar-refractivity contribution in [3.05, 3.63) is 12.7 Å². The molecular formula is C4H8OS. The van der Waals surface area contributed by atoms with Gasteiger partial charge >= 0.3 is 0 Å². The van der Waals surface area contributed by atoms with Gasteiger partial charge < -0.3 is 5.11 Å². The Kier molecular flexibility index (Phi) is 3.28. The first-order chi connectivity index (χ1) is 2.81. The number of aliphatic hydroxyl groups is 1. The standard InChI is InChI=1S/C4H8OS/c1-2-4(6)3-5/h2,4-6H,1,3H2. The van der Waals surface area contributed by atoms with E-state index in [0.717, 1.165) is 0 Å². The third-order valence-corrected chi connectivity index (χ3v) is 0.833. The van der Waals surface area contributed by atoms with Gasteiger partial charge in [0.15, 0.2) is 0 Å². The van der Waals surface area contributed by atoms with E-state index in [1.807, 2.05) is 0 Å². The number of thiol groups is 1. The molecule has 1 atom stereocenters. The van der Waals surface area contributed by atoms with Crippen molar-refractivity contribution < 1.29 is 5.11 Å². The summed E-state index contributed by atoms with van der Waals surface area (Å²) in [6.45, 7) is 3.47. The Bertz CT molecular complexity index is 44.8. The van der Waals surface area contributed by atoms with Crippen molar-refractivity contribution in [2.24, 2.45) is 0 Å². The van der Waals surface area contributed by atoms with Crippen molar-refractivity contribution in [2.45, 2.75) is 5.25 Å². The molecule has 0 bridgehead atoms. The SMILES string of the molecule is C=CC(S)CO. The van der Waals surface area contributed by atoms with Crippen LogP contribution in [0.25, 0.3) is 0 Å².